The summed E-state index contributed by atoms with van der Waals surface area (Å²) in [6.07, 6.45) is 2.08. The average Bonchev–Trinajstić information content (AvgIpc) is 2.95. The molecule has 0 aliphatic carbocycles. The molecule has 17 heavy (non-hydrogen) atoms. The predicted octanol–water partition coefficient (Wildman–Crippen LogP) is 1.84. The van der Waals surface area contributed by atoms with Gasteiger partial charge in [-0.15, -0.1) is 0 Å². The van der Waals surface area contributed by atoms with Crippen LogP contribution in [-0.2, 0) is 6.54 Å². The normalized spacial score (nSPS) is 15.2. The lowest BCUT2D eigenvalue weighted by molar-refractivity contribution is 0.892. The van der Waals surface area contributed by atoms with E-state index in [4.69, 9.17) is 0 Å². The minimum atomic E-state index is 0.743. The van der Waals surface area contributed by atoms with Crippen LogP contribution < -0.4 is 5.32 Å². The standard InChI is InChI=1S/C12H14N4S/c1-9-3-2-4-11-15-10(8-16(9)11)7-14-12-13-5-6-17-12/h2-4,8H,5-7H2,1H3,(H,13,14). The molecule has 88 valence electrons. The number of amidine groups is 1. The van der Waals surface area contributed by atoms with Gasteiger partial charge in [0, 0.05) is 17.6 Å². The molecule has 0 amide bonds. The van der Waals surface area contributed by atoms with Crippen LogP contribution in [0.15, 0.2) is 29.4 Å². The van der Waals surface area contributed by atoms with E-state index >= 15 is 0 Å². The zero-order valence-electron chi connectivity index (χ0n) is 9.68. The van der Waals surface area contributed by atoms with Crippen LogP contribution in [0.2, 0.25) is 0 Å². The van der Waals surface area contributed by atoms with E-state index in [9.17, 15) is 0 Å². The first-order valence-electron chi connectivity index (χ1n) is 5.68. The minimum Gasteiger partial charge on any atom is -0.359 e. The van der Waals surface area contributed by atoms with Crippen LogP contribution >= 0.6 is 11.8 Å². The lowest BCUT2D eigenvalue weighted by Crippen LogP contribution is -2.18. The molecule has 4 nitrogen and oxygen atoms in total. The van der Waals surface area contributed by atoms with Gasteiger partial charge in [0.1, 0.15) is 5.65 Å². The third-order valence-electron chi connectivity index (χ3n) is 2.75. The lowest BCUT2D eigenvalue weighted by atomic mass is 10.4. The lowest BCUT2D eigenvalue weighted by Gasteiger charge is -2.01. The summed E-state index contributed by atoms with van der Waals surface area (Å²) < 4.78 is 2.11. The van der Waals surface area contributed by atoms with Crippen molar-refractivity contribution in [2.45, 2.75) is 13.5 Å². The topological polar surface area (TPSA) is 41.7 Å². The van der Waals surface area contributed by atoms with E-state index in [2.05, 4.69) is 38.9 Å². The Morgan fingerprint density at radius 3 is 3.18 bits per heavy atom. The molecular weight excluding hydrogens is 232 g/mol. The number of fused-ring (bicyclic) bond motifs is 1. The summed E-state index contributed by atoms with van der Waals surface area (Å²) in [5.41, 5.74) is 3.26. The Hall–Kier alpha value is -1.49. The van der Waals surface area contributed by atoms with Crippen LogP contribution in [0.25, 0.3) is 5.65 Å². The van der Waals surface area contributed by atoms with Crippen molar-refractivity contribution in [2.24, 2.45) is 4.99 Å². The maximum atomic E-state index is 4.57. The van der Waals surface area contributed by atoms with E-state index in [1.165, 1.54) is 5.69 Å². The molecule has 1 aliphatic rings. The molecule has 2 aromatic heterocycles. The van der Waals surface area contributed by atoms with Crippen molar-refractivity contribution >= 4 is 22.6 Å². The highest BCUT2D eigenvalue weighted by Crippen LogP contribution is 2.11. The van der Waals surface area contributed by atoms with Crippen molar-refractivity contribution in [1.82, 2.24) is 14.7 Å². The second kappa shape index (κ2) is 4.41. The molecule has 0 saturated heterocycles. The molecule has 0 bridgehead atoms. The summed E-state index contributed by atoms with van der Waals surface area (Å²) in [7, 11) is 0. The van der Waals surface area contributed by atoms with Crippen LogP contribution in [0.5, 0.6) is 0 Å². The summed E-state index contributed by atoms with van der Waals surface area (Å²) in [5, 5.41) is 4.36. The van der Waals surface area contributed by atoms with Crippen LogP contribution in [0.3, 0.4) is 0 Å². The highest BCUT2D eigenvalue weighted by molar-refractivity contribution is 8.14. The van der Waals surface area contributed by atoms with Crippen molar-refractivity contribution in [2.75, 3.05) is 12.3 Å². The monoisotopic (exact) mass is 246 g/mol. The summed E-state index contributed by atoms with van der Waals surface area (Å²) in [4.78, 5) is 8.93. The van der Waals surface area contributed by atoms with Gasteiger partial charge in [-0.1, -0.05) is 17.8 Å². The minimum absolute atomic E-state index is 0.743. The number of thioether (sulfide) groups is 1. The van der Waals surface area contributed by atoms with Gasteiger partial charge in [0.05, 0.1) is 18.8 Å². The smallest absolute Gasteiger partial charge is 0.156 e. The van der Waals surface area contributed by atoms with E-state index in [0.717, 1.165) is 35.4 Å². The second-order valence-electron chi connectivity index (χ2n) is 4.02. The Bertz CT molecular complexity index is 573. The maximum absolute atomic E-state index is 4.57. The van der Waals surface area contributed by atoms with Gasteiger partial charge in [0.15, 0.2) is 5.17 Å². The third kappa shape index (κ3) is 2.15. The Morgan fingerprint density at radius 2 is 2.41 bits per heavy atom. The number of rotatable bonds is 2. The first-order chi connectivity index (χ1) is 8.33. The second-order valence-corrected chi connectivity index (χ2v) is 5.10. The highest BCUT2D eigenvalue weighted by Gasteiger charge is 2.07. The number of hydrogen-bond acceptors (Lipinski definition) is 4. The molecule has 0 saturated carbocycles. The van der Waals surface area contributed by atoms with E-state index in [1.807, 2.05) is 12.1 Å². The molecule has 0 spiro atoms. The summed E-state index contributed by atoms with van der Waals surface area (Å²) in [6.45, 7) is 3.76. The molecule has 2 aromatic rings. The molecule has 5 heteroatoms. The summed E-state index contributed by atoms with van der Waals surface area (Å²) in [6, 6.07) is 6.15. The largest absolute Gasteiger partial charge is 0.359 e. The van der Waals surface area contributed by atoms with Gasteiger partial charge < -0.3 is 9.72 Å². The van der Waals surface area contributed by atoms with Crippen molar-refractivity contribution in [3.8, 4) is 0 Å². The fourth-order valence-corrected chi connectivity index (χ4v) is 2.62. The molecule has 3 rings (SSSR count). The van der Waals surface area contributed by atoms with Gasteiger partial charge in [-0.2, -0.15) is 0 Å². The number of nitrogens with zero attached hydrogens (tertiary/aromatic N) is 3. The van der Waals surface area contributed by atoms with Gasteiger partial charge in [0.25, 0.3) is 0 Å². The number of aromatic nitrogens is 2. The number of aliphatic imine (C=N–C) groups is 1. The van der Waals surface area contributed by atoms with Crippen molar-refractivity contribution in [3.63, 3.8) is 0 Å². The maximum Gasteiger partial charge on any atom is 0.156 e. The van der Waals surface area contributed by atoms with Crippen molar-refractivity contribution in [1.29, 1.82) is 0 Å². The first kappa shape index (κ1) is 10.7. The number of hydrogen-bond donors (Lipinski definition) is 1. The number of imidazole rings is 1. The van der Waals surface area contributed by atoms with Crippen molar-refractivity contribution in [3.05, 3.63) is 35.8 Å². The fourth-order valence-electron chi connectivity index (χ4n) is 1.89. The Morgan fingerprint density at radius 1 is 1.47 bits per heavy atom. The SMILES string of the molecule is Cc1cccc2nc(CNC3=NCCS3)cn12. The van der Waals surface area contributed by atoms with Gasteiger partial charge >= 0.3 is 0 Å². The molecule has 1 N–H and O–H groups in total. The Balaban J connectivity index is 1.79. The summed E-state index contributed by atoms with van der Waals surface area (Å²) >= 11 is 1.78. The molecule has 0 unspecified atom stereocenters. The first-order valence-corrected chi connectivity index (χ1v) is 6.66. The molecular formula is C12H14N4S. The molecule has 3 heterocycles. The Labute approximate surface area is 104 Å². The quantitative estimate of drug-likeness (QED) is 0.879. The van der Waals surface area contributed by atoms with Crippen LogP contribution in [0.4, 0.5) is 0 Å². The molecule has 0 atom stereocenters. The molecule has 0 radical (unpaired) electrons. The number of pyridine rings is 1. The van der Waals surface area contributed by atoms with Gasteiger partial charge in [0.2, 0.25) is 0 Å². The fraction of sp³-hybridized carbons (Fsp3) is 0.333. The Kier molecular flexibility index (Phi) is 2.76. The molecule has 1 aliphatic heterocycles. The third-order valence-corrected chi connectivity index (χ3v) is 3.69. The highest BCUT2D eigenvalue weighted by atomic mass is 32.2. The van der Waals surface area contributed by atoms with Crippen LogP contribution in [0.1, 0.15) is 11.4 Å². The van der Waals surface area contributed by atoms with E-state index in [1.54, 1.807) is 11.8 Å². The zero-order chi connectivity index (χ0) is 11.7. The average molecular weight is 246 g/mol. The van der Waals surface area contributed by atoms with Crippen LogP contribution in [-0.4, -0.2) is 26.8 Å². The van der Waals surface area contributed by atoms with E-state index in [0.29, 0.717) is 0 Å². The number of aryl methyl sites for hydroxylation is 1. The van der Waals surface area contributed by atoms with E-state index in [-0.39, 0.29) is 0 Å². The molecule has 0 fully saturated rings. The van der Waals surface area contributed by atoms with Crippen LogP contribution in [0, 0.1) is 6.92 Å². The predicted molar refractivity (Wildman–Crippen MR) is 71.5 cm³/mol. The van der Waals surface area contributed by atoms with E-state index < -0.39 is 0 Å². The van der Waals surface area contributed by atoms with Gasteiger partial charge in [-0.3, -0.25) is 4.99 Å². The van der Waals surface area contributed by atoms with Gasteiger partial charge in [-0.05, 0) is 19.1 Å². The van der Waals surface area contributed by atoms with Gasteiger partial charge in [-0.25, -0.2) is 4.98 Å². The molecule has 0 aromatic carbocycles. The number of nitrogens with one attached hydrogen (secondary N) is 1. The zero-order valence-corrected chi connectivity index (χ0v) is 10.5. The van der Waals surface area contributed by atoms with Crippen molar-refractivity contribution < 1.29 is 0 Å². The summed E-state index contributed by atoms with van der Waals surface area (Å²) in [5.74, 6) is 1.09.